The largest absolute Gasteiger partial charge is 0.370 e. The summed E-state index contributed by atoms with van der Waals surface area (Å²) in [6.07, 6.45) is 5.60. The summed E-state index contributed by atoms with van der Waals surface area (Å²) in [5.41, 5.74) is 0.687. The zero-order chi connectivity index (χ0) is 16.2. The van der Waals surface area contributed by atoms with Gasteiger partial charge in [-0.25, -0.2) is 17.4 Å². The van der Waals surface area contributed by atoms with Crippen molar-refractivity contribution in [3.05, 3.63) is 22.6 Å². The van der Waals surface area contributed by atoms with E-state index in [0.717, 1.165) is 31.6 Å². The van der Waals surface area contributed by atoms with Crippen LogP contribution in [0.25, 0.3) is 0 Å². The van der Waals surface area contributed by atoms with Crippen LogP contribution in [-0.2, 0) is 16.6 Å². The van der Waals surface area contributed by atoms with Crippen LogP contribution in [0.4, 0.5) is 5.69 Å². The third kappa shape index (κ3) is 4.30. The van der Waals surface area contributed by atoms with Crippen molar-refractivity contribution in [3.63, 3.8) is 0 Å². The van der Waals surface area contributed by atoms with E-state index in [9.17, 15) is 13.2 Å². The number of nitrogens with zero attached hydrogens (tertiary/aromatic N) is 4. The number of rotatable bonds is 6. The predicted octanol–water partition coefficient (Wildman–Crippen LogP) is 0.515. The van der Waals surface area contributed by atoms with E-state index in [4.69, 9.17) is 0 Å². The van der Waals surface area contributed by atoms with E-state index >= 15 is 0 Å². The van der Waals surface area contributed by atoms with Crippen LogP contribution in [0.5, 0.6) is 0 Å². The zero-order valence-corrected chi connectivity index (χ0v) is 14.0. The van der Waals surface area contributed by atoms with Crippen molar-refractivity contribution in [2.24, 2.45) is 0 Å². The number of aromatic nitrogens is 2. The Hall–Kier alpha value is -1.41. The van der Waals surface area contributed by atoms with Crippen molar-refractivity contribution in [1.82, 2.24) is 14.1 Å². The minimum atomic E-state index is -3.22. The van der Waals surface area contributed by atoms with Gasteiger partial charge in [0.2, 0.25) is 10.0 Å². The average Bonchev–Trinajstić information content (AvgIpc) is 2.49. The highest BCUT2D eigenvalue weighted by atomic mass is 32.2. The molecule has 0 saturated carbocycles. The first-order valence-corrected chi connectivity index (χ1v) is 9.23. The Labute approximate surface area is 131 Å². The van der Waals surface area contributed by atoms with Gasteiger partial charge in [0.25, 0.3) is 5.56 Å². The standard InChI is InChI=1S/C14H24N4O3S/c1-16(2)22(20,21)10-6-9-18-14(19)11-13(12-15-18)17-7-4-3-5-8-17/h11-12H,3-10H2,1-2H3. The first-order chi connectivity index (χ1) is 10.4. The van der Waals surface area contributed by atoms with Crippen molar-refractivity contribution < 1.29 is 8.42 Å². The lowest BCUT2D eigenvalue weighted by Gasteiger charge is -2.28. The van der Waals surface area contributed by atoms with Crippen molar-refractivity contribution >= 4 is 15.7 Å². The molecule has 0 bridgehead atoms. The van der Waals surface area contributed by atoms with E-state index in [0.29, 0.717) is 13.0 Å². The average molecular weight is 328 g/mol. The Morgan fingerprint density at radius 3 is 2.50 bits per heavy atom. The van der Waals surface area contributed by atoms with Crippen LogP contribution < -0.4 is 10.5 Å². The Bertz CT molecular complexity index is 648. The van der Waals surface area contributed by atoms with Gasteiger partial charge in [-0.15, -0.1) is 0 Å². The SMILES string of the molecule is CN(C)S(=O)(=O)CCCn1ncc(N2CCCCC2)cc1=O. The molecule has 0 spiro atoms. The molecule has 0 aromatic carbocycles. The molecule has 1 saturated heterocycles. The molecule has 1 aromatic heterocycles. The molecule has 0 unspecified atom stereocenters. The number of anilines is 1. The summed E-state index contributed by atoms with van der Waals surface area (Å²) < 4.78 is 25.9. The Morgan fingerprint density at radius 2 is 1.91 bits per heavy atom. The number of hydrogen-bond donors (Lipinski definition) is 0. The highest BCUT2D eigenvalue weighted by Crippen LogP contribution is 2.16. The maximum Gasteiger partial charge on any atom is 0.268 e. The third-order valence-electron chi connectivity index (χ3n) is 3.90. The van der Waals surface area contributed by atoms with Crippen molar-refractivity contribution in [2.45, 2.75) is 32.2 Å². The molecule has 1 aliphatic rings. The summed E-state index contributed by atoms with van der Waals surface area (Å²) in [5.74, 6) is 0.0159. The van der Waals surface area contributed by atoms with Gasteiger partial charge in [0.1, 0.15) is 0 Å². The molecule has 8 heteroatoms. The van der Waals surface area contributed by atoms with Gasteiger partial charge in [-0.3, -0.25) is 4.79 Å². The second-order valence-corrected chi connectivity index (χ2v) is 8.08. The van der Waals surface area contributed by atoms with Gasteiger partial charge in [0.15, 0.2) is 0 Å². The fourth-order valence-corrected chi connectivity index (χ4v) is 3.36. The fourth-order valence-electron chi connectivity index (χ4n) is 2.50. The van der Waals surface area contributed by atoms with E-state index in [1.54, 1.807) is 12.3 Å². The minimum absolute atomic E-state index is 0.0159. The van der Waals surface area contributed by atoms with Gasteiger partial charge < -0.3 is 4.90 Å². The smallest absolute Gasteiger partial charge is 0.268 e. The zero-order valence-electron chi connectivity index (χ0n) is 13.2. The van der Waals surface area contributed by atoms with Gasteiger partial charge in [0.05, 0.1) is 17.6 Å². The molecule has 1 aromatic rings. The fraction of sp³-hybridized carbons (Fsp3) is 0.714. The van der Waals surface area contributed by atoms with Gasteiger partial charge in [-0.05, 0) is 25.7 Å². The molecular formula is C14H24N4O3S. The Morgan fingerprint density at radius 1 is 1.23 bits per heavy atom. The summed E-state index contributed by atoms with van der Waals surface area (Å²) in [6.45, 7) is 2.24. The lowest BCUT2D eigenvalue weighted by Crippen LogP contribution is -2.32. The van der Waals surface area contributed by atoms with E-state index in [-0.39, 0.29) is 11.3 Å². The lowest BCUT2D eigenvalue weighted by molar-refractivity contribution is 0.507. The molecule has 22 heavy (non-hydrogen) atoms. The summed E-state index contributed by atoms with van der Waals surface area (Å²) in [5, 5.41) is 4.17. The van der Waals surface area contributed by atoms with Crippen LogP contribution in [-0.4, -0.2) is 55.4 Å². The highest BCUT2D eigenvalue weighted by Gasteiger charge is 2.14. The van der Waals surface area contributed by atoms with Crippen LogP contribution in [0.1, 0.15) is 25.7 Å². The predicted molar refractivity (Wildman–Crippen MR) is 86.7 cm³/mol. The Balaban J connectivity index is 1.97. The van der Waals surface area contributed by atoms with E-state index < -0.39 is 10.0 Å². The first kappa shape index (κ1) is 17.0. The number of aryl methyl sites for hydroxylation is 1. The van der Waals surface area contributed by atoms with Crippen molar-refractivity contribution in [2.75, 3.05) is 37.8 Å². The molecule has 0 amide bonds. The van der Waals surface area contributed by atoms with Gasteiger partial charge >= 0.3 is 0 Å². The first-order valence-electron chi connectivity index (χ1n) is 7.62. The monoisotopic (exact) mass is 328 g/mol. The molecule has 2 rings (SSSR count). The molecule has 0 N–H and O–H groups in total. The van der Waals surface area contributed by atoms with Gasteiger partial charge in [0, 0.05) is 39.8 Å². The number of piperidine rings is 1. The van der Waals surface area contributed by atoms with Crippen LogP contribution in [0.2, 0.25) is 0 Å². The number of sulfonamides is 1. The molecule has 1 fully saturated rings. The van der Waals surface area contributed by atoms with Gasteiger partial charge in [-0.1, -0.05) is 0 Å². The molecule has 0 radical (unpaired) electrons. The van der Waals surface area contributed by atoms with Crippen LogP contribution in [0.3, 0.4) is 0 Å². The molecule has 7 nitrogen and oxygen atoms in total. The maximum absolute atomic E-state index is 12.1. The van der Waals surface area contributed by atoms with E-state index in [1.807, 2.05) is 0 Å². The minimum Gasteiger partial charge on any atom is -0.370 e. The highest BCUT2D eigenvalue weighted by molar-refractivity contribution is 7.89. The molecular weight excluding hydrogens is 304 g/mol. The second-order valence-electron chi connectivity index (χ2n) is 5.77. The molecule has 1 aliphatic heterocycles. The number of hydrogen-bond acceptors (Lipinski definition) is 5. The molecule has 0 atom stereocenters. The molecule has 0 aliphatic carbocycles. The van der Waals surface area contributed by atoms with E-state index in [1.165, 1.54) is 29.5 Å². The van der Waals surface area contributed by atoms with Crippen LogP contribution in [0, 0.1) is 0 Å². The lowest BCUT2D eigenvalue weighted by atomic mass is 10.1. The summed E-state index contributed by atoms with van der Waals surface area (Å²) in [7, 11) is -0.210. The molecule has 2 heterocycles. The topological polar surface area (TPSA) is 75.5 Å². The second kappa shape index (κ2) is 7.23. The molecule has 124 valence electrons. The maximum atomic E-state index is 12.1. The van der Waals surface area contributed by atoms with Crippen LogP contribution >= 0.6 is 0 Å². The summed E-state index contributed by atoms with van der Waals surface area (Å²) >= 11 is 0. The van der Waals surface area contributed by atoms with Gasteiger partial charge in [-0.2, -0.15) is 5.10 Å². The van der Waals surface area contributed by atoms with E-state index in [2.05, 4.69) is 10.00 Å². The van der Waals surface area contributed by atoms with Crippen molar-refractivity contribution in [3.8, 4) is 0 Å². The van der Waals surface area contributed by atoms with Crippen LogP contribution in [0.15, 0.2) is 17.1 Å². The normalized spacial score (nSPS) is 16.2. The van der Waals surface area contributed by atoms with Crippen molar-refractivity contribution in [1.29, 1.82) is 0 Å². The summed E-state index contributed by atoms with van der Waals surface area (Å²) in [4.78, 5) is 14.3. The third-order valence-corrected chi connectivity index (χ3v) is 5.82. The summed E-state index contributed by atoms with van der Waals surface area (Å²) in [6, 6.07) is 1.60. The quantitative estimate of drug-likeness (QED) is 0.761. The Kier molecular flexibility index (Phi) is 5.57.